The van der Waals surface area contributed by atoms with Crippen LogP contribution in [0.15, 0.2) is 18.2 Å². The van der Waals surface area contributed by atoms with Gasteiger partial charge in [-0.15, -0.1) is 0 Å². The van der Waals surface area contributed by atoms with E-state index in [9.17, 15) is 22.4 Å². The number of benzene rings is 1. The Bertz CT molecular complexity index is 489. The number of carbonyl (C=O) groups is 1. The Labute approximate surface area is 100 Å². The molecule has 0 bridgehead atoms. The predicted octanol–water partition coefficient (Wildman–Crippen LogP) is 3.25. The summed E-state index contributed by atoms with van der Waals surface area (Å²) in [5, 5.41) is 8.95. The van der Waals surface area contributed by atoms with Gasteiger partial charge in [0, 0.05) is 0 Å². The summed E-state index contributed by atoms with van der Waals surface area (Å²) in [5.74, 6) is -2.04. The van der Waals surface area contributed by atoms with Crippen LogP contribution in [0.5, 0.6) is 0 Å². The van der Waals surface area contributed by atoms with Crippen LogP contribution in [-0.4, -0.2) is 11.1 Å². The molecule has 18 heavy (non-hydrogen) atoms. The molecule has 1 aliphatic carbocycles. The molecule has 1 N–H and O–H groups in total. The van der Waals surface area contributed by atoms with Crippen LogP contribution in [0.25, 0.3) is 0 Å². The van der Waals surface area contributed by atoms with Crippen molar-refractivity contribution in [2.75, 3.05) is 0 Å². The SMILES string of the molecule is O=C(O)C1(Cc2cc(F)cc(C(F)(F)F)c2)CC1. The first-order valence-corrected chi connectivity index (χ1v) is 5.33. The summed E-state index contributed by atoms with van der Waals surface area (Å²) in [7, 11) is 0. The minimum absolute atomic E-state index is 0.0663. The molecule has 0 unspecified atom stereocenters. The highest BCUT2D eigenvalue weighted by molar-refractivity contribution is 5.78. The molecule has 1 aromatic carbocycles. The van der Waals surface area contributed by atoms with Crippen molar-refractivity contribution in [2.24, 2.45) is 5.41 Å². The topological polar surface area (TPSA) is 37.3 Å². The Morgan fingerprint density at radius 1 is 1.28 bits per heavy atom. The molecule has 0 heterocycles. The standard InChI is InChI=1S/C12H10F4O2/c13-9-4-7(3-8(5-9)12(14,15)16)6-11(1-2-11)10(17)18/h3-5H,1-2,6H2,(H,17,18). The number of carboxylic acids is 1. The van der Waals surface area contributed by atoms with Crippen molar-refractivity contribution >= 4 is 5.97 Å². The Morgan fingerprint density at radius 3 is 2.33 bits per heavy atom. The number of aliphatic carboxylic acids is 1. The Morgan fingerprint density at radius 2 is 1.89 bits per heavy atom. The van der Waals surface area contributed by atoms with Crippen molar-refractivity contribution in [1.82, 2.24) is 0 Å². The monoisotopic (exact) mass is 262 g/mol. The minimum atomic E-state index is -4.63. The summed E-state index contributed by atoms with van der Waals surface area (Å²) >= 11 is 0. The van der Waals surface area contributed by atoms with Crippen molar-refractivity contribution in [3.63, 3.8) is 0 Å². The highest BCUT2D eigenvalue weighted by Gasteiger charge is 2.50. The number of hydrogen-bond donors (Lipinski definition) is 1. The molecule has 0 aromatic heterocycles. The normalized spacial score (nSPS) is 17.6. The van der Waals surface area contributed by atoms with E-state index in [1.54, 1.807) is 0 Å². The molecule has 98 valence electrons. The molecule has 2 nitrogen and oxygen atoms in total. The molecule has 0 saturated heterocycles. The van der Waals surface area contributed by atoms with Crippen molar-refractivity contribution in [1.29, 1.82) is 0 Å². The quantitative estimate of drug-likeness (QED) is 0.849. The number of rotatable bonds is 3. The fraction of sp³-hybridized carbons (Fsp3) is 0.417. The first-order chi connectivity index (χ1) is 8.23. The van der Waals surface area contributed by atoms with Crippen molar-refractivity contribution in [3.05, 3.63) is 35.1 Å². The fourth-order valence-corrected chi connectivity index (χ4v) is 1.92. The van der Waals surface area contributed by atoms with E-state index in [-0.39, 0.29) is 12.0 Å². The van der Waals surface area contributed by atoms with Crippen LogP contribution in [0.1, 0.15) is 24.0 Å². The second kappa shape index (κ2) is 3.96. The average Bonchev–Trinajstić information content (AvgIpc) is 2.96. The third-order valence-corrected chi connectivity index (χ3v) is 3.13. The smallest absolute Gasteiger partial charge is 0.416 e. The Hall–Kier alpha value is -1.59. The maximum atomic E-state index is 13.1. The first kappa shape index (κ1) is 12.9. The van der Waals surface area contributed by atoms with Gasteiger partial charge in [-0.2, -0.15) is 13.2 Å². The van der Waals surface area contributed by atoms with Crippen LogP contribution in [0.3, 0.4) is 0 Å². The predicted molar refractivity (Wildman–Crippen MR) is 54.4 cm³/mol. The highest BCUT2D eigenvalue weighted by Crippen LogP contribution is 2.49. The summed E-state index contributed by atoms with van der Waals surface area (Å²) in [4.78, 5) is 10.9. The van der Waals surface area contributed by atoms with E-state index < -0.39 is 28.9 Å². The van der Waals surface area contributed by atoms with E-state index in [4.69, 9.17) is 5.11 Å². The lowest BCUT2D eigenvalue weighted by atomic mass is 9.95. The molecule has 0 amide bonds. The maximum Gasteiger partial charge on any atom is 0.416 e. The molecule has 0 spiro atoms. The largest absolute Gasteiger partial charge is 0.481 e. The van der Waals surface area contributed by atoms with Gasteiger partial charge < -0.3 is 5.11 Å². The van der Waals surface area contributed by atoms with Gasteiger partial charge >= 0.3 is 12.1 Å². The molecule has 1 fully saturated rings. The van der Waals surface area contributed by atoms with Crippen molar-refractivity contribution in [2.45, 2.75) is 25.4 Å². The third-order valence-electron chi connectivity index (χ3n) is 3.13. The third kappa shape index (κ3) is 2.47. The van der Waals surface area contributed by atoms with Crippen LogP contribution in [-0.2, 0) is 17.4 Å². The van der Waals surface area contributed by atoms with Gasteiger partial charge in [0.1, 0.15) is 5.82 Å². The van der Waals surface area contributed by atoms with Crippen LogP contribution in [0.2, 0.25) is 0 Å². The van der Waals surface area contributed by atoms with E-state index in [0.29, 0.717) is 18.9 Å². The lowest BCUT2D eigenvalue weighted by Gasteiger charge is -2.12. The summed E-state index contributed by atoms with van der Waals surface area (Å²) in [5.41, 5.74) is -2.02. The highest BCUT2D eigenvalue weighted by atomic mass is 19.4. The molecule has 1 aliphatic rings. The number of hydrogen-bond acceptors (Lipinski definition) is 1. The van der Waals surface area contributed by atoms with E-state index in [2.05, 4.69) is 0 Å². The molecular weight excluding hydrogens is 252 g/mol. The lowest BCUT2D eigenvalue weighted by molar-refractivity contribution is -0.143. The number of halogens is 4. The fourth-order valence-electron chi connectivity index (χ4n) is 1.92. The molecule has 1 saturated carbocycles. The van der Waals surface area contributed by atoms with Crippen molar-refractivity contribution < 1.29 is 27.5 Å². The lowest BCUT2D eigenvalue weighted by Crippen LogP contribution is -2.18. The summed E-state index contributed by atoms with van der Waals surface area (Å²) < 4.78 is 50.5. The molecule has 0 atom stereocenters. The Kier molecular flexibility index (Phi) is 2.83. The molecule has 1 aromatic rings. The zero-order chi connectivity index (χ0) is 13.6. The number of carboxylic acid groups (broad SMARTS) is 1. The molecule has 0 radical (unpaired) electrons. The van der Waals surface area contributed by atoms with E-state index in [0.717, 1.165) is 12.1 Å². The zero-order valence-corrected chi connectivity index (χ0v) is 9.22. The zero-order valence-electron chi connectivity index (χ0n) is 9.22. The van der Waals surface area contributed by atoms with Gasteiger partial charge in [0.25, 0.3) is 0 Å². The average molecular weight is 262 g/mol. The molecule has 0 aliphatic heterocycles. The molecule has 6 heteroatoms. The van der Waals surface area contributed by atoms with E-state index >= 15 is 0 Å². The van der Waals surface area contributed by atoms with Gasteiger partial charge in [0.2, 0.25) is 0 Å². The summed E-state index contributed by atoms with van der Waals surface area (Å²) in [6, 6.07) is 2.17. The Balaban J connectivity index is 2.29. The van der Waals surface area contributed by atoms with Crippen LogP contribution < -0.4 is 0 Å². The van der Waals surface area contributed by atoms with Crippen molar-refractivity contribution in [3.8, 4) is 0 Å². The van der Waals surface area contributed by atoms with Crippen LogP contribution in [0, 0.1) is 11.2 Å². The summed E-state index contributed by atoms with van der Waals surface area (Å²) in [6.45, 7) is 0. The van der Waals surface area contributed by atoms with Crippen LogP contribution >= 0.6 is 0 Å². The molecular formula is C12H10F4O2. The van der Waals surface area contributed by atoms with Gasteiger partial charge in [0.15, 0.2) is 0 Å². The maximum absolute atomic E-state index is 13.1. The second-order valence-corrected chi connectivity index (χ2v) is 4.61. The van der Waals surface area contributed by atoms with Gasteiger partial charge in [-0.05, 0) is 43.0 Å². The first-order valence-electron chi connectivity index (χ1n) is 5.33. The van der Waals surface area contributed by atoms with Gasteiger partial charge in [-0.25, -0.2) is 4.39 Å². The minimum Gasteiger partial charge on any atom is -0.481 e. The van der Waals surface area contributed by atoms with Gasteiger partial charge in [-0.1, -0.05) is 0 Å². The van der Waals surface area contributed by atoms with E-state index in [1.807, 2.05) is 0 Å². The van der Waals surface area contributed by atoms with Gasteiger partial charge in [-0.3, -0.25) is 4.79 Å². The summed E-state index contributed by atoms with van der Waals surface area (Å²) in [6.07, 6.45) is -3.86. The molecule has 2 rings (SSSR count). The second-order valence-electron chi connectivity index (χ2n) is 4.61. The van der Waals surface area contributed by atoms with E-state index in [1.165, 1.54) is 0 Å². The van der Waals surface area contributed by atoms with Gasteiger partial charge in [0.05, 0.1) is 11.0 Å². The number of alkyl halides is 3. The van der Waals surface area contributed by atoms with Crippen LogP contribution in [0.4, 0.5) is 17.6 Å².